The molecule has 2 heteroatoms. The van der Waals surface area contributed by atoms with Crippen molar-refractivity contribution in [2.24, 2.45) is 0 Å². The second kappa shape index (κ2) is 3.01. The molecule has 0 aromatic heterocycles. The van der Waals surface area contributed by atoms with Crippen molar-refractivity contribution in [1.29, 1.82) is 0 Å². The van der Waals surface area contributed by atoms with Gasteiger partial charge in [-0.15, -0.1) is 11.8 Å². The molecular formula is C12H15NS. The Morgan fingerprint density at radius 2 is 2.21 bits per heavy atom. The molecule has 0 radical (unpaired) electrons. The molecule has 1 aromatic carbocycles. The topological polar surface area (TPSA) is 3.24 Å². The Morgan fingerprint density at radius 3 is 3.00 bits per heavy atom. The third-order valence-electron chi connectivity index (χ3n) is 3.53. The first-order valence-corrected chi connectivity index (χ1v) is 6.25. The van der Waals surface area contributed by atoms with E-state index in [-0.39, 0.29) is 0 Å². The number of fused-ring (bicyclic) bond motifs is 2. The van der Waals surface area contributed by atoms with Crippen molar-refractivity contribution < 1.29 is 0 Å². The molecule has 0 bridgehead atoms. The van der Waals surface area contributed by atoms with Crippen molar-refractivity contribution in [3.63, 3.8) is 0 Å². The van der Waals surface area contributed by atoms with Crippen LogP contribution in [0.1, 0.15) is 24.0 Å². The maximum Gasteiger partial charge on any atom is 0.0930 e. The Morgan fingerprint density at radius 1 is 1.36 bits per heavy atom. The third kappa shape index (κ3) is 1.01. The highest BCUT2D eigenvalue weighted by Gasteiger charge is 2.45. The summed E-state index contributed by atoms with van der Waals surface area (Å²) in [5.74, 6) is 1.19. The van der Waals surface area contributed by atoms with Crippen molar-refractivity contribution in [3.05, 3.63) is 35.4 Å². The van der Waals surface area contributed by atoms with Crippen molar-refractivity contribution in [1.82, 2.24) is 4.90 Å². The molecule has 1 spiro atoms. The molecule has 74 valence electrons. The smallest absolute Gasteiger partial charge is 0.0930 e. The zero-order valence-electron chi connectivity index (χ0n) is 8.49. The van der Waals surface area contributed by atoms with E-state index >= 15 is 0 Å². The Kier molecular flexibility index (Phi) is 1.89. The number of benzene rings is 1. The molecule has 2 aliphatic heterocycles. The molecule has 2 aliphatic rings. The first-order valence-electron chi connectivity index (χ1n) is 5.26. The van der Waals surface area contributed by atoms with Crippen molar-refractivity contribution in [3.8, 4) is 0 Å². The number of rotatable bonds is 0. The predicted molar refractivity (Wildman–Crippen MR) is 61.3 cm³/mol. The Labute approximate surface area is 89.5 Å². The molecule has 0 N–H and O–H groups in total. The largest absolute Gasteiger partial charge is 0.288 e. The maximum atomic E-state index is 2.53. The molecule has 1 atom stereocenters. The third-order valence-corrected chi connectivity index (χ3v) is 5.20. The van der Waals surface area contributed by atoms with Crippen molar-refractivity contribution in [2.75, 3.05) is 13.6 Å². The molecule has 1 aromatic rings. The fourth-order valence-corrected chi connectivity index (χ4v) is 4.35. The van der Waals surface area contributed by atoms with Crippen LogP contribution in [0.3, 0.4) is 0 Å². The van der Waals surface area contributed by atoms with E-state index in [1.165, 1.54) is 25.1 Å². The Hall–Kier alpha value is -0.470. The van der Waals surface area contributed by atoms with Crippen LogP contribution < -0.4 is 0 Å². The second-order valence-corrected chi connectivity index (χ2v) is 5.51. The lowest BCUT2D eigenvalue weighted by molar-refractivity contribution is 0.283. The summed E-state index contributed by atoms with van der Waals surface area (Å²) in [6.45, 7) is 1.25. The van der Waals surface area contributed by atoms with Crippen molar-refractivity contribution >= 4 is 11.8 Å². The first-order chi connectivity index (χ1) is 6.83. The van der Waals surface area contributed by atoms with Gasteiger partial charge >= 0.3 is 0 Å². The van der Waals surface area contributed by atoms with E-state index in [4.69, 9.17) is 0 Å². The molecule has 0 aliphatic carbocycles. The summed E-state index contributed by atoms with van der Waals surface area (Å²) in [5, 5.41) is 0. The molecule has 1 nitrogen and oxygen atoms in total. The molecule has 14 heavy (non-hydrogen) atoms. The van der Waals surface area contributed by atoms with Crippen LogP contribution in [0.2, 0.25) is 0 Å². The van der Waals surface area contributed by atoms with E-state index in [9.17, 15) is 0 Å². The van der Waals surface area contributed by atoms with Crippen LogP contribution >= 0.6 is 11.8 Å². The van der Waals surface area contributed by atoms with E-state index < -0.39 is 0 Å². The van der Waals surface area contributed by atoms with Crippen LogP contribution in [-0.4, -0.2) is 18.5 Å². The van der Waals surface area contributed by atoms with Gasteiger partial charge in [0.2, 0.25) is 0 Å². The zero-order valence-corrected chi connectivity index (χ0v) is 9.31. The molecule has 0 saturated carbocycles. The summed E-state index contributed by atoms with van der Waals surface area (Å²) in [4.78, 5) is 2.86. The normalized spacial score (nSPS) is 31.2. The van der Waals surface area contributed by atoms with E-state index in [0.29, 0.717) is 4.87 Å². The van der Waals surface area contributed by atoms with Gasteiger partial charge in [0, 0.05) is 5.75 Å². The van der Waals surface area contributed by atoms with Gasteiger partial charge in [-0.25, -0.2) is 0 Å². The van der Waals surface area contributed by atoms with E-state index in [2.05, 4.69) is 48.0 Å². The summed E-state index contributed by atoms with van der Waals surface area (Å²) >= 11 is 2.12. The van der Waals surface area contributed by atoms with Crippen LogP contribution in [0.15, 0.2) is 24.3 Å². The van der Waals surface area contributed by atoms with E-state index in [0.717, 1.165) is 0 Å². The van der Waals surface area contributed by atoms with Crippen LogP contribution in [0.25, 0.3) is 0 Å². The minimum atomic E-state index is 0.330. The highest BCUT2D eigenvalue weighted by Crippen LogP contribution is 2.54. The molecule has 2 heterocycles. The van der Waals surface area contributed by atoms with Crippen molar-refractivity contribution in [2.45, 2.75) is 23.5 Å². The average Bonchev–Trinajstić information content (AvgIpc) is 2.76. The van der Waals surface area contributed by atoms with Crippen LogP contribution in [0.5, 0.6) is 0 Å². The fraction of sp³-hybridized carbons (Fsp3) is 0.500. The highest BCUT2D eigenvalue weighted by molar-refractivity contribution is 7.99. The van der Waals surface area contributed by atoms with Crippen LogP contribution in [-0.2, 0) is 10.6 Å². The average molecular weight is 205 g/mol. The lowest BCUT2D eigenvalue weighted by Gasteiger charge is -2.32. The monoisotopic (exact) mass is 205 g/mol. The van der Waals surface area contributed by atoms with Gasteiger partial charge in [0.1, 0.15) is 0 Å². The van der Waals surface area contributed by atoms with Gasteiger partial charge in [-0.05, 0) is 37.6 Å². The molecule has 1 unspecified atom stereocenters. The standard InChI is InChI=1S/C12H15NS/c1-13-8-4-7-12(13)11-6-3-2-5-10(11)9-14-12/h2-3,5-6H,4,7-9H2,1H3. The van der Waals surface area contributed by atoms with Gasteiger partial charge in [-0.2, -0.15) is 0 Å². The summed E-state index contributed by atoms with van der Waals surface area (Å²) < 4.78 is 0. The molecule has 0 amide bonds. The lowest BCUT2D eigenvalue weighted by atomic mass is 9.99. The number of hydrogen-bond donors (Lipinski definition) is 0. The number of likely N-dealkylation sites (tertiary alicyclic amines) is 1. The van der Waals surface area contributed by atoms with Gasteiger partial charge in [0.15, 0.2) is 0 Å². The number of thioether (sulfide) groups is 1. The Balaban J connectivity index is 2.12. The highest BCUT2D eigenvalue weighted by atomic mass is 32.2. The Bertz CT molecular complexity index is 363. The molecule has 3 rings (SSSR count). The molecular weight excluding hydrogens is 190 g/mol. The number of nitrogens with zero attached hydrogens (tertiary/aromatic N) is 1. The SMILES string of the molecule is CN1CCCC12SCc1ccccc12. The minimum Gasteiger partial charge on any atom is -0.288 e. The zero-order chi connectivity index (χ0) is 9.60. The number of hydrogen-bond acceptors (Lipinski definition) is 2. The molecule has 1 fully saturated rings. The minimum absolute atomic E-state index is 0.330. The van der Waals surface area contributed by atoms with Gasteiger partial charge in [-0.3, -0.25) is 4.90 Å². The van der Waals surface area contributed by atoms with Crippen LogP contribution in [0, 0.1) is 0 Å². The van der Waals surface area contributed by atoms with Gasteiger partial charge in [-0.1, -0.05) is 24.3 Å². The van der Waals surface area contributed by atoms with E-state index in [1.54, 1.807) is 11.1 Å². The van der Waals surface area contributed by atoms with Crippen LogP contribution in [0.4, 0.5) is 0 Å². The van der Waals surface area contributed by atoms with Gasteiger partial charge in [0.25, 0.3) is 0 Å². The molecule has 1 saturated heterocycles. The van der Waals surface area contributed by atoms with E-state index in [1.807, 2.05) is 0 Å². The first kappa shape index (κ1) is 8.81. The fourth-order valence-electron chi connectivity index (χ4n) is 2.75. The summed E-state index contributed by atoms with van der Waals surface area (Å²) in [5.41, 5.74) is 3.12. The maximum absolute atomic E-state index is 2.53. The summed E-state index contributed by atoms with van der Waals surface area (Å²) in [6, 6.07) is 8.94. The van der Waals surface area contributed by atoms with Gasteiger partial charge < -0.3 is 0 Å². The van der Waals surface area contributed by atoms with Gasteiger partial charge in [0.05, 0.1) is 4.87 Å². The predicted octanol–water partition coefficient (Wildman–Crippen LogP) is 2.81. The quantitative estimate of drug-likeness (QED) is 0.640. The summed E-state index contributed by atoms with van der Waals surface area (Å²) in [7, 11) is 2.27. The second-order valence-electron chi connectivity index (χ2n) is 4.26. The lowest BCUT2D eigenvalue weighted by Crippen LogP contribution is -2.33. The summed E-state index contributed by atoms with van der Waals surface area (Å²) in [6.07, 6.45) is 2.67.